The lowest BCUT2D eigenvalue weighted by molar-refractivity contribution is 0.768. The van der Waals surface area contributed by atoms with Gasteiger partial charge in [0.1, 0.15) is 0 Å². The predicted octanol–water partition coefficient (Wildman–Crippen LogP) is 14.7. The van der Waals surface area contributed by atoms with Crippen molar-refractivity contribution in [2.75, 3.05) is 4.90 Å². The molecule has 0 bridgehead atoms. The monoisotopic (exact) mass is 717 g/mol. The van der Waals surface area contributed by atoms with Gasteiger partial charge in [0.25, 0.3) is 0 Å². The number of fused-ring (bicyclic) bond motifs is 8. The molecule has 0 N–H and O–H groups in total. The van der Waals surface area contributed by atoms with Crippen LogP contribution in [0, 0.1) is 0 Å². The van der Waals surface area contributed by atoms with Crippen molar-refractivity contribution >= 4 is 59.3 Å². The lowest BCUT2D eigenvalue weighted by Crippen LogP contribution is -2.28. The van der Waals surface area contributed by atoms with Crippen LogP contribution in [0.25, 0.3) is 53.2 Å². The fourth-order valence-corrected chi connectivity index (χ4v) is 10.3. The van der Waals surface area contributed by atoms with Crippen molar-refractivity contribution in [2.24, 2.45) is 0 Å². The summed E-state index contributed by atoms with van der Waals surface area (Å²) in [5.74, 6) is 0. The van der Waals surface area contributed by atoms with Gasteiger partial charge in [-0.3, -0.25) is 0 Å². The molecule has 1 heterocycles. The molecule has 1 aliphatic carbocycles. The first-order valence-electron chi connectivity index (χ1n) is 18.9. The van der Waals surface area contributed by atoms with E-state index in [4.69, 9.17) is 0 Å². The van der Waals surface area contributed by atoms with Gasteiger partial charge < -0.3 is 4.90 Å². The number of thiophene rings is 1. The van der Waals surface area contributed by atoms with Gasteiger partial charge in [-0.25, -0.2) is 0 Å². The molecule has 9 aromatic carbocycles. The van der Waals surface area contributed by atoms with E-state index in [0.717, 1.165) is 17.1 Å². The number of benzene rings is 9. The van der Waals surface area contributed by atoms with E-state index in [2.05, 4.69) is 217 Å². The highest BCUT2D eigenvalue weighted by atomic mass is 32.1. The summed E-state index contributed by atoms with van der Waals surface area (Å²) in [7, 11) is 0. The van der Waals surface area contributed by atoms with Crippen molar-refractivity contribution in [3.63, 3.8) is 0 Å². The number of nitrogens with zero attached hydrogens (tertiary/aromatic N) is 1. The van der Waals surface area contributed by atoms with Crippen LogP contribution in [0.5, 0.6) is 0 Å². The van der Waals surface area contributed by atoms with Gasteiger partial charge in [0, 0.05) is 42.6 Å². The zero-order valence-electron chi connectivity index (χ0n) is 30.1. The molecule has 1 aromatic heterocycles. The molecule has 258 valence electrons. The molecular formula is C53H35NS. The number of anilines is 3. The van der Waals surface area contributed by atoms with Crippen molar-refractivity contribution < 1.29 is 0 Å². The molecule has 0 saturated carbocycles. The molecule has 2 heteroatoms. The number of hydrogen-bond donors (Lipinski definition) is 0. The largest absolute Gasteiger partial charge is 0.311 e. The second kappa shape index (κ2) is 12.7. The third-order valence-corrected chi connectivity index (χ3v) is 12.8. The first-order valence-corrected chi connectivity index (χ1v) is 19.7. The van der Waals surface area contributed by atoms with Gasteiger partial charge >= 0.3 is 0 Å². The van der Waals surface area contributed by atoms with Crippen molar-refractivity contribution in [1.29, 1.82) is 0 Å². The van der Waals surface area contributed by atoms with E-state index in [0.29, 0.717) is 0 Å². The SMILES string of the molecule is c1ccc(N(c2ccc(-c3ccc4ccc5c6ccccc6sc5c4c3)cc2)c2ccc(C3(c4ccccc4)c4ccccc4-c4ccccc43)cc2)cc1. The quantitative estimate of drug-likeness (QED) is 0.166. The van der Waals surface area contributed by atoms with E-state index in [9.17, 15) is 0 Å². The van der Waals surface area contributed by atoms with E-state index >= 15 is 0 Å². The zero-order valence-corrected chi connectivity index (χ0v) is 30.9. The third kappa shape index (κ3) is 4.92. The average molecular weight is 718 g/mol. The molecule has 0 spiro atoms. The highest BCUT2D eigenvalue weighted by Crippen LogP contribution is 2.56. The van der Waals surface area contributed by atoms with Gasteiger partial charge in [-0.05, 0) is 98.4 Å². The molecule has 1 nitrogen and oxygen atoms in total. The van der Waals surface area contributed by atoms with Crippen molar-refractivity contribution in [3.8, 4) is 22.3 Å². The predicted molar refractivity (Wildman–Crippen MR) is 234 cm³/mol. The first-order chi connectivity index (χ1) is 27.3. The molecule has 0 saturated heterocycles. The smallest absolute Gasteiger partial charge is 0.0713 e. The van der Waals surface area contributed by atoms with Crippen LogP contribution in [0.4, 0.5) is 17.1 Å². The topological polar surface area (TPSA) is 3.24 Å². The molecular weight excluding hydrogens is 683 g/mol. The van der Waals surface area contributed by atoms with E-state index < -0.39 is 5.41 Å². The van der Waals surface area contributed by atoms with Gasteiger partial charge in [0.05, 0.1) is 5.41 Å². The van der Waals surface area contributed by atoms with Gasteiger partial charge in [0.15, 0.2) is 0 Å². The van der Waals surface area contributed by atoms with Crippen LogP contribution >= 0.6 is 11.3 Å². The summed E-state index contributed by atoms with van der Waals surface area (Å²) in [6.07, 6.45) is 0. The summed E-state index contributed by atoms with van der Waals surface area (Å²) >= 11 is 1.89. The third-order valence-electron chi connectivity index (χ3n) is 11.6. The van der Waals surface area contributed by atoms with Crippen LogP contribution in [0.3, 0.4) is 0 Å². The Morgan fingerprint density at radius 3 is 1.60 bits per heavy atom. The van der Waals surface area contributed by atoms with E-state index in [1.807, 2.05) is 11.3 Å². The van der Waals surface area contributed by atoms with Crippen molar-refractivity contribution in [2.45, 2.75) is 5.41 Å². The van der Waals surface area contributed by atoms with Gasteiger partial charge in [0.2, 0.25) is 0 Å². The summed E-state index contributed by atoms with van der Waals surface area (Å²) in [6, 6.07) is 78.1. The molecule has 55 heavy (non-hydrogen) atoms. The Bertz CT molecular complexity index is 2970. The van der Waals surface area contributed by atoms with Crippen molar-refractivity contribution in [3.05, 3.63) is 235 Å². The normalized spacial score (nSPS) is 12.9. The minimum Gasteiger partial charge on any atom is -0.311 e. The summed E-state index contributed by atoms with van der Waals surface area (Å²) in [5, 5.41) is 5.26. The Labute approximate surface area is 325 Å². The lowest BCUT2D eigenvalue weighted by Gasteiger charge is -2.34. The highest BCUT2D eigenvalue weighted by molar-refractivity contribution is 7.26. The lowest BCUT2D eigenvalue weighted by atomic mass is 9.68. The number of rotatable bonds is 6. The van der Waals surface area contributed by atoms with Crippen LogP contribution in [0.15, 0.2) is 212 Å². The summed E-state index contributed by atoms with van der Waals surface area (Å²) < 4.78 is 2.69. The molecule has 0 aliphatic heterocycles. The molecule has 10 aromatic rings. The van der Waals surface area contributed by atoms with Gasteiger partial charge in [-0.1, -0.05) is 164 Å². The Morgan fingerprint density at radius 1 is 0.364 bits per heavy atom. The minimum absolute atomic E-state index is 0.423. The Morgan fingerprint density at radius 2 is 0.891 bits per heavy atom. The molecule has 11 rings (SSSR count). The van der Waals surface area contributed by atoms with Gasteiger partial charge in [-0.15, -0.1) is 11.3 Å². The first kappa shape index (κ1) is 31.8. The fraction of sp³-hybridized carbons (Fsp3) is 0.0189. The fourth-order valence-electron chi connectivity index (χ4n) is 9.08. The van der Waals surface area contributed by atoms with E-state index in [1.165, 1.54) is 75.5 Å². The molecule has 0 unspecified atom stereocenters. The minimum atomic E-state index is -0.423. The second-order valence-corrected chi connectivity index (χ2v) is 15.5. The number of hydrogen-bond acceptors (Lipinski definition) is 2. The van der Waals surface area contributed by atoms with E-state index in [-0.39, 0.29) is 0 Å². The Balaban J connectivity index is 1.01. The summed E-state index contributed by atoms with van der Waals surface area (Å²) in [5.41, 5.74) is 13.1. The van der Waals surface area contributed by atoms with Crippen LogP contribution in [-0.2, 0) is 5.41 Å². The Kier molecular flexibility index (Phi) is 7.33. The second-order valence-electron chi connectivity index (χ2n) is 14.4. The standard InChI is InChI=1S/C53H35NS/c1-3-13-39(14-4-1)53(49-20-10-7-17-44(49)45-18-8-11-21-50(45)53)40-28-32-43(33-29-40)54(41-15-5-2-6-16-41)42-30-25-36(26-31-42)38-24-23-37-27-34-47-46-19-9-12-22-51(46)55-52(47)48(37)35-38/h1-35H. The van der Waals surface area contributed by atoms with Crippen LogP contribution < -0.4 is 4.90 Å². The maximum absolute atomic E-state index is 2.37. The van der Waals surface area contributed by atoms with Crippen molar-refractivity contribution in [1.82, 2.24) is 0 Å². The van der Waals surface area contributed by atoms with Crippen LogP contribution in [0.1, 0.15) is 22.3 Å². The zero-order chi connectivity index (χ0) is 36.3. The van der Waals surface area contributed by atoms with E-state index in [1.54, 1.807) is 0 Å². The van der Waals surface area contributed by atoms with Crippen LogP contribution in [-0.4, -0.2) is 0 Å². The maximum Gasteiger partial charge on any atom is 0.0713 e. The molecule has 1 aliphatic rings. The van der Waals surface area contributed by atoms with Crippen LogP contribution in [0.2, 0.25) is 0 Å². The maximum atomic E-state index is 2.37. The van der Waals surface area contributed by atoms with Gasteiger partial charge in [-0.2, -0.15) is 0 Å². The molecule has 0 atom stereocenters. The Hall–Kier alpha value is -6.74. The molecule has 0 amide bonds. The highest BCUT2D eigenvalue weighted by Gasteiger charge is 2.45. The average Bonchev–Trinajstić information content (AvgIpc) is 3.79. The molecule has 0 fully saturated rings. The summed E-state index contributed by atoms with van der Waals surface area (Å²) in [4.78, 5) is 2.36. The summed E-state index contributed by atoms with van der Waals surface area (Å²) in [6.45, 7) is 0. The molecule has 0 radical (unpaired) electrons. The number of para-hydroxylation sites is 1.